The third-order valence-electron chi connectivity index (χ3n) is 4.99. The van der Waals surface area contributed by atoms with Crippen molar-refractivity contribution < 1.29 is 19.0 Å². The summed E-state index contributed by atoms with van der Waals surface area (Å²) in [6.07, 6.45) is 0. The Hall–Kier alpha value is -2.16. The molecule has 0 aromatic heterocycles. The van der Waals surface area contributed by atoms with Crippen LogP contribution in [0, 0.1) is 0 Å². The minimum absolute atomic E-state index is 0.0916. The van der Waals surface area contributed by atoms with E-state index in [1.165, 1.54) is 0 Å². The Morgan fingerprint density at radius 3 is 2.55 bits per heavy atom. The molecular formula is C24H31BrClN3O4. The Balaban J connectivity index is 1.64. The highest BCUT2D eigenvalue weighted by Gasteiger charge is 2.17. The topological polar surface area (TPSA) is 72.1 Å². The van der Waals surface area contributed by atoms with Gasteiger partial charge in [-0.25, -0.2) is 0 Å². The van der Waals surface area contributed by atoms with E-state index in [2.05, 4.69) is 31.5 Å². The van der Waals surface area contributed by atoms with Crippen LogP contribution in [0.4, 0.5) is 11.4 Å². The lowest BCUT2D eigenvalue weighted by molar-refractivity contribution is -0.124. The zero-order valence-electron chi connectivity index (χ0n) is 19.5. The Morgan fingerprint density at radius 2 is 1.91 bits per heavy atom. The molecule has 0 saturated carbocycles. The van der Waals surface area contributed by atoms with E-state index in [1.54, 1.807) is 7.11 Å². The van der Waals surface area contributed by atoms with Crippen molar-refractivity contribution in [3.63, 3.8) is 0 Å². The van der Waals surface area contributed by atoms with Gasteiger partial charge in [0.25, 0.3) is 5.91 Å². The zero-order valence-corrected chi connectivity index (χ0v) is 21.8. The summed E-state index contributed by atoms with van der Waals surface area (Å²) >= 11 is 10.1. The van der Waals surface area contributed by atoms with Gasteiger partial charge in [-0.05, 0) is 56.7 Å². The first kappa shape index (κ1) is 25.5. The summed E-state index contributed by atoms with van der Waals surface area (Å²) in [6, 6.07) is 9.69. The van der Waals surface area contributed by atoms with Gasteiger partial charge in [0.1, 0.15) is 0 Å². The second-order valence-corrected chi connectivity index (χ2v) is 10.1. The summed E-state index contributed by atoms with van der Waals surface area (Å²) in [5.74, 6) is 0.859. The van der Waals surface area contributed by atoms with E-state index in [0.29, 0.717) is 36.3 Å². The number of nitrogens with zero attached hydrogens (tertiary/aromatic N) is 1. The number of ether oxygens (including phenoxy) is 3. The van der Waals surface area contributed by atoms with Gasteiger partial charge in [0.2, 0.25) is 0 Å². The summed E-state index contributed by atoms with van der Waals surface area (Å²) < 4.78 is 17.5. The number of amides is 1. The maximum absolute atomic E-state index is 12.1. The van der Waals surface area contributed by atoms with Crippen molar-refractivity contribution in [3.8, 4) is 11.5 Å². The van der Waals surface area contributed by atoms with Gasteiger partial charge in [0.05, 0.1) is 31.0 Å². The van der Waals surface area contributed by atoms with Gasteiger partial charge in [-0.2, -0.15) is 0 Å². The normalized spacial score (nSPS) is 14.1. The Labute approximate surface area is 208 Å². The molecule has 1 fully saturated rings. The van der Waals surface area contributed by atoms with Crippen molar-refractivity contribution in [1.29, 1.82) is 0 Å². The largest absolute Gasteiger partial charge is 0.493 e. The van der Waals surface area contributed by atoms with Gasteiger partial charge in [-0.1, -0.05) is 27.5 Å². The van der Waals surface area contributed by atoms with Crippen LogP contribution < -0.4 is 25.0 Å². The first-order chi connectivity index (χ1) is 15.7. The van der Waals surface area contributed by atoms with Crippen LogP contribution in [0.3, 0.4) is 0 Å². The fraction of sp³-hybridized carbons (Fsp3) is 0.458. The van der Waals surface area contributed by atoms with Crippen LogP contribution in [0.2, 0.25) is 5.02 Å². The predicted octanol–water partition coefficient (Wildman–Crippen LogP) is 4.85. The molecule has 33 heavy (non-hydrogen) atoms. The maximum atomic E-state index is 12.1. The van der Waals surface area contributed by atoms with Crippen LogP contribution in [0.1, 0.15) is 26.3 Å². The van der Waals surface area contributed by atoms with E-state index in [4.69, 9.17) is 25.8 Å². The smallest absolute Gasteiger partial charge is 0.258 e. The van der Waals surface area contributed by atoms with Crippen LogP contribution in [-0.4, -0.2) is 51.5 Å². The fourth-order valence-electron chi connectivity index (χ4n) is 3.46. The molecule has 0 spiro atoms. The van der Waals surface area contributed by atoms with Gasteiger partial charge < -0.3 is 29.7 Å². The first-order valence-electron chi connectivity index (χ1n) is 10.8. The van der Waals surface area contributed by atoms with Crippen molar-refractivity contribution in [2.75, 3.05) is 50.2 Å². The van der Waals surface area contributed by atoms with Crippen LogP contribution in [0.15, 0.2) is 34.8 Å². The first-order valence-corrected chi connectivity index (χ1v) is 12.0. The molecule has 0 aliphatic carbocycles. The van der Waals surface area contributed by atoms with Crippen molar-refractivity contribution in [3.05, 3.63) is 45.4 Å². The lowest BCUT2D eigenvalue weighted by atomic mass is 10.1. The summed E-state index contributed by atoms with van der Waals surface area (Å²) in [7, 11) is 1.58. The summed E-state index contributed by atoms with van der Waals surface area (Å²) in [5, 5.41) is 6.98. The Morgan fingerprint density at radius 1 is 1.18 bits per heavy atom. The monoisotopic (exact) mass is 539 g/mol. The van der Waals surface area contributed by atoms with Crippen molar-refractivity contribution in [1.82, 2.24) is 5.32 Å². The number of carbonyl (C=O) groups excluding carboxylic acids is 1. The average Bonchev–Trinajstić information content (AvgIpc) is 2.76. The number of hydrogen-bond acceptors (Lipinski definition) is 6. The van der Waals surface area contributed by atoms with E-state index < -0.39 is 0 Å². The van der Waals surface area contributed by atoms with Gasteiger partial charge >= 0.3 is 0 Å². The molecule has 0 radical (unpaired) electrons. The van der Waals surface area contributed by atoms with E-state index in [1.807, 2.05) is 51.1 Å². The highest BCUT2D eigenvalue weighted by Crippen LogP contribution is 2.35. The molecule has 2 N–H and O–H groups in total. The Bertz CT molecular complexity index is 975. The molecule has 1 amide bonds. The second kappa shape index (κ2) is 11.3. The molecule has 7 nitrogen and oxygen atoms in total. The summed E-state index contributed by atoms with van der Waals surface area (Å²) in [6.45, 7) is 9.34. The SMILES string of the molecule is COc1cc(CNc2ccc(N3CCOCC3)c(Cl)c2)c(Br)cc1OCC(=O)NC(C)(C)C. The van der Waals surface area contributed by atoms with Gasteiger partial charge in [0.15, 0.2) is 18.1 Å². The van der Waals surface area contributed by atoms with E-state index in [0.717, 1.165) is 34.5 Å². The molecule has 1 aliphatic rings. The number of anilines is 2. The van der Waals surface area contributed by atoms with Gasteiger partial charge in [-0.15, -0.1) is 0 Å². The predicted molar refractivity (Wildman–Crippen MR) is 136 cm³/mol. The minimum atomic E-state index is -0.316. The summed E-state index contributed by atoms with van der Waals surface area (Å²) in [4.78, 5) is 14.3. The van der Waals surface area contributed by atoms with Crippen LogP contribution >= 0.6 is 27.5 Å². The third-order valence-corrected chi connectivity index (χ3v) is 6.03. The van der Waals surface area contributed by atoms with Gasteiger partial charge in [0, 0.05) is 35.3 Å². The molecule has 0 bridgehead atoms. The fourth-order valence-corrected chi connectivity index (χ4v) is 4.22. The molecule has 2 aromatic carbocycles. The number of methoxy groups -OCH3 is 1. The molecule has 3 rings (SSSR count). The molecule has 1 aliphatic heterocycles. The molecule has 180 valence electrons. The van der Waals surface area contributed by atoms with Crippen LogP contribution in [0.25, 0.3) is 0 Å². The number of halogens is 2. The van der Waals surface area contributed by atoms with Crippen molar-refractivity contribution in [2.24, 2.45) is 0 Å². The highest BCUT2D eigenvalue weighted by molar-refractivity contribution is 9.10. The Kier molecular flexibility index (Phi) is 8.73. The number of benzene rings is 2. The van der Waals surface area contributed by atoms with E-state index in [9.17, 15) is 4.79 Å². The number of nitrogens with one attached hydrogen (secondary N) is 2. The molecule has 0 atom stereocenters. The minimum Gasteiger partial charge on any atom is -0.493 e. The average molecular weight is 541 g/mol. The molecule has 1 heterocycles. The number of carbonyl (C=O) groups is 1. The van der Waals surface area contributed by atoms with Crippen molar-refractivity contribution in [2.45, 2.75) is 32.9 Å². The number of rotatable bonds is 8. The molecule has 1 saturated heterocycles. The number of morpholine rings is 1. The summed E-state index contributed by atoms with van der Waals surface area (Å²) in [5.41, 5.74) is 2.60. The quantitative estimate of drug-likeness (QED) is 0.499. The van der Waals surface area contributed by atoms with Crippen LogP contribution in [-0.2, 0) is 16.1 Å². The van der Waals surface area contributed by atoms with E-state index >= 15 is 0 Å². The highest BCUT2D eigenvalue weighted by atomic mass is 79.9. The molecule has 2 aromatic rings. The number of hydrogen-bond donors (Lipinski definition) is 2. The molecule has 9 heteroatoms. The van der Waals surface area contributed by atoms with Gasteiger partial charge in [-0.3, -0.25) is 4.79 Å². The van der Waals surface area contributed by atoms with Crippen LogP contribution in [0.5, 0.6) is 11.5 Å². The van der Waals surface area contributed by atoms with E-state index in [-0.39, 0.29) is 18.1 Å². The molecular weight excluding hydrogens is 510 g/mol. The molecule has 0 unspecified atom stereocenters. The lowest BCUT2D eigenvalue weighted by Gasteiger charge is -2.29. The third kappa shape index (κ3) is 7.42. The zero-order chi connectivity index (χ0) is 24.0. The lowest BCUT2D eigenvalue weighted by Crippen LogP contribution is -2.43. The van der Waals surface area contributed by atoms with Crippen molar-refractivity contribution >= 4 is 44.8 Å². The second-order valence-electron chi connectivity index (χ2n) is 8.80. The maximum Gasteiger partial charge on any atom is 0.258 e. The standard InChI is InChI=1S/C24H31BrClN3O4/c1-24(2,3)28-23(30)15-33-22-13-18(25)16(11-21(22)31-4)14-27-17-5-6-20(19(26)12-17)29-7-9-32-10-8-29/h5-6,11-13,27H,7-10,14-15H2,1-4H3,(H,28,30).